The van der Waals surface area contributed by atoms with Gasteiger partial charge in [0.1, 0.15) is 5.75 Å². The second kappa shape index (κ2) is 8.22. The summed E-state index contributed by atoms with van der Waals surface area (Å²) in [6.45, 7) is 4.39. The number of ether oxygens (including phenoxy) is 1. The number of anilines is 1. The fourth-order valence-electron chi connectivity index (χ4n) is 3.89. The molecule has 0 saturated heterocycles. The Hall–Kier alpha value is -3.91. The van der Waals surface area contributed by atoms with Crippen LogP contribution in [0, 0.1) is 6.92 Å². The van der Waals surface area contributed by atoms with Gasteiger partial charge in [-0.2, -0.15) is 0 Å². The third kappa shape index (κ3) is 3.58. The van der Waals surface area contributed by atoms with Crippen molar-refractivity contribution in [2.45, 2.75) is 19.9 Å². The summed E-state index contributed by atoms with van der Waals surface area (Å²) in [5.74, 6) is -1.07. The Morgan fingerprint density at radius 3 is 2.70 bits per heavy atom. The molecule has 1 unspecified atom stereocenters. The lowest BCUT2D eigenvalue weighted by Gasteiger charge is -2.24. The lowest BCUT2D eigenvalue weighted by atomic mass is 9.94. The van der Waals surface area contributed by atoms with Crippen LogP contribution in [-0.4, -0.2) is 28.4 Å². The third-order valence-corrected chi connectivity index (χ3v) is 6.47. The molecular weight excluding hydrogens is 440 g/mol. The van der Waals surface area contributed by atoms with Gasteiger partial charge in [0.05, 0.1) is 34.7 Å². The van der Waals surface area contributed by atoms with Gasteiger partial charge >= 0.3 is 0 Å². The second-order valence-electron chi connectivity index (χ2n) is 7.62. The van der Waals surface area contributed by atoms with Gasteiger partial charge in [0.25, 0.3) is 5.91 Å². The molecule has 1 aliphatic heterocycles. The number of carbonyl (C=O) groups is 2. The van der Waals surface area contributed by atoms with Gasteiger partial charge in [-0.25, -0.2) is 4.98 Å². The zero-order valence-corrected chi connectivity index (χ0v) is 18.8. The number of ketones is 1. The number of thiazole rings is 1. The van der Waals surface area contributed by atoms with E-state index in [-0.39, 0.29) is 11.3 Å². The summed E-state index contributed by atoms with van der Waals surface area (Å²) in [5, 5.41) is 11.2. The Kier molecular flexibility index (Phi) is 5.22. The molecule has 33 heavy (non-hydrogen) atoms. The van der Waals surface area contributed by atoms with Crippen molar-refractivity contribution in [2.24, 2.45) is 0 Å². The molecule has 0 aliphatic carbocycles. The predicted octanol–water partition coefficient (Wildman–Crippen LogP) is 5.38. The van der Waals surface area contributed by atoms with Crippen LogP contribution in [0.2, 0.25) is 0 Å². The zero-order valence-electron chi connectivity index (χ0n) is 17.9. The number of aliphatic hydroxyl groups is 1. The lowest BCUT2D eigenvalue weighted by Crippen LogP contribution is -2.30. The highest BCUT2D eigenvalue weighted by Gasteiger charge is 2.46. The van der Waals surface area contributed by atoms with E-state index in [1.807, 2.05) is 56.3 Å². The summed E-state index contributed by atoms with van der Waals surface area (Å²) in [7, 11) is 0. The molecule has 0 bridgehead atoms. The van der Waals surface area contributed by atoms with E-state index in [4.69, 9.17) is 9.15 Å². The summed E-state index contributed by atoms with van der Waals surface area (Å²) in [6.07, 6.45) is 1.38. The van der Waals surface area contributed by atoms with Crippen LogP contribution < -0.4 is 9.64 Å². The maximum absolute atomic E-state index is 13.3. The van der Waals surface area contributed by atoms with Crippen LogP contribution in [0.15, 0.2) is 76.6 Å². The minimum absolute atomic E-state index is 0.0342. The van der Waals surface area contributed by atoms with Crippen LogP contribution in [0.1, 0.15) is 34.6 Å². The van der Waals surface area contributed by atoms with E-state index in [0.29, 0.717) is 28.6 Å². The quantitative estimate of drug-likeness (QED) is 0.389. The molecular formula is C25H20N2O5S. The standard InChI is InChI=1S/C25H20N2O5S/c1-3-31-16-10-11-17-19(13-16)33-25(26-17)27-21(15-8-6-14(2)7-9-15)20(23(29)24(27)30)22(28)18-5-4-12-32-18/h4-13,21,29H,3H2,1-2H3. The molecule has 0 radical (unpaired) electrons. The first-order chi connectivity index (χ1) is 16.0. The highest BCUT2D eigenvalue weighted by atomic mass is 32.1. The van der Waals surface area contributed by atoms with Crippen molar-refractivity contribution < 1.29 is 23.8 Å². The highest BCUT2D eigenvalue weighted by Crippen LogP contribution is 2.44. The van der Waals surface area contributed by atoms with Crippen LogP contribution >= 0.6 is 11.3 Å². The van der Waals surface area contributed by atoms with Gasteiger partial charge in [0.15, 0.2) is 16.7 Å². The fourth-order valence-corrected chi connectivity index (χ4v) is 4.91. The van der Waals surface area contributed by atoms with Gasteiger partial charge in [-0.1, -0.05) is 41.2 Å². The monoisotopic (exact) mass is 460 g/mol. The van der Waals surface area contributed by atoms with Crippen molar-refractivity contribution in [1.29, 1.82) is 0 Å². The molecule has 2 aromatic carbocycles. The highest BCUT2D eigenvalue weighted by molar-refractivity contribution is 7.22. The van der Waals surface area contributed by atoms with Crippen LogP contribution in [0.5, 0.6) is 5.75 Å². The molecule has 5 rings (SSSR count). The van der Waals surface area contributed by atoms with E-state index >= 15 is 0 Å². The molecule has 8 heteroatoms. The molecule has 1 aliphatic rings. The smallest absolute Gasteiger partial charge is 0.296 e. The van der Waals surface area contributed by atoms with Gasteiger partial charge in [-0.15, -0.1) is 0 Å². The van der Waals surface area contributed by atoms with Gasteiger partial charge < -0.3 is 14.3 Å². The molecule has 7 nitrogen and oxygen atoms in total. The number of fused-ring (bicyclic) bond motifs is 1. The summed E-state index contributed by atoms with van der Waals surface area (Å²) >= 11 is 1.29. The minimum atomic E-state index is -0.845. The van der Waals surface area contributed by atoms with E-state index in [1.54, 1.807) is 6.07 Å². The third-order valence-electron chi connectivity index (χ3n) is 5.46. The number of hydrogen-bond donors (Lipinski definition) is 1. The zero-order chi connectivity index (χ0) is 23.1. The Labute approximate surface area is 193 Å². The fraction of sp³-hybridized carbons (Fsp3) is 0.160. The summed E-state index contributed by atoms with van der Waals surface area (Å²) in [4.78, 5) is 32.5. The molecule has 4 aromatic rings. The number of benzene rings is 2. The van der Waals surface area contributed by atoms with Gasteiger partial charge in [-0.05, 0) is 49.7 Å². The van der Waals surface area contributed by atoms with Gasteiger partial charge in [0, 0.05) is 0 Å². The van der Waals surface area contributed by atoms with Gasteiger partial charge in [-0.3, -0.25) is 14.5 Å². The molecule has 0 saturated carbocycles. The summed E-state index contributed by atoms with van der Waals surface area (Å²) in [5.41, 5.74) is 2.37. The number of aliphatic hydroxyl groups excluding tert-OH is 1. The Morgan fingerprint density at radius 2 is 2.00 bits per heavy atom. The molecule has 0 spiro atoms. The Morgan fingerprint density at radius 1 is 1.21 bits per heavy atom. The lowest BCUT2D eigenvalue weighted by molar-refractivity contribution is -0.117. The van der Waals surface area contributed by atoms with E-state index in [1.165, 1.54) is 28.6 Å². The van der Waals surface area contributed by atoms with Crippen LogP contribution in [0.4, 0.5) is 5.13 Å². The van der Waals surface area contributed by atoms with E-state index in [0.717, 1.165) is 10.3 Å². The first-order valence-electron chi connectivity index (χ1n) is 10.4. The van der Waals surface area contributed by atoms with E-state index in [2.05, 4.69) is 4.98 Å². The molecule has 0 fully saturated rings. The molecule has 3 heterocycles. The van der Waals surface area contributed by atoms with Crippen molar-refractivity contribution in [3.63, 3.8) is 0 Å². The number of furan rings is 1. The van der Waals surface area contributed by atoms with Crippen LogP contribution in [0.25, 0.3) is 10.2 Å². The molecule has 166 valence electrons. The number of nitrogens with zero attached hydrogens (tertiary/aromatic N) is 2. The minimum Gasteiger partial charge on any atom is -0.503 e. The number of amides is 1. The van der Waals surface area contributed by atoms with Crippen molar-refractivity contribution in [3.05, 3.63) is 89.1 Å². The number of carbonyl (C=O) groups excluding carboxylic acids is 2. The SMILES string of the molecule is CCOc1ccc2nc(N3C(=O)C(O)=C(C(=O)c4ccco4)C3c3ccc(C)cc3)sc2c1. The maximum Gasteiger partial charge on any atom is 0.296 e. The largest absolute Gasteiger partial charge is 0.503 e. The normalized spacial score (nSPS) is 16.1. The number of hydrogen-bond acceptors (Lipinski definition) is 7. The Bertz CT molecular complexity index is 1390. The van der Waals surface area contributed by atoms with Crippen LogP contribution in [-0.2, 0) is 4.79 Å². The predicted molar refractivity (Wildman–Crippen MR) is 125 cm³/mol. The second-order valence-corrected chi connectivity index (χ2v) is 8.63. The van der Waals surface area contributed by atoms with Crippen molar-refractivity contribution in [3.8, 4) is 5.75 Å². The van der Waals surface area contributed by atoms with Crippen molar-refractivity contribution in [1.82, 2.24) is 4.98 Å². The van der Waals surface area contributed by atoms with E-state index in [9.17, 15) is 14.7 Å². The first-order valence-corrected chi connectivity index (χ1v) is 11.2. The number of aromatic nitrogens is 1. The Balaban J connectivity index is 1.64. The van der Waals surface area contributed by atoms with Crippen molar-refractivity contribution >= 4 is 38.4 Å². The molecule has 1 N–H and O–H groups in total. The summed E-state index contributed by atoms with van der Waals surface area (Å²) in [6, 6.07) is 15.2. The number of rotatable bonds is 6. The average Bonchev–Trinajstić information content (AvgIpc) is 3.53. The molecule has 2 aromatic heterocycles. The van der Waals surface area contributed by atoms with Crippen LogP contribution in [0.3, 0.4) is 0 Å². The topological polar surface area (TPSA) is 92.9 Å². The summed E-state index contributed by atoms with van der Waals surface area (Å²) < 4.78 is 11.7. The average molecular weight is 461 g/mol. The number of aryl methyl sites for hydroxylation is 1. The first kappa shape index (κ1) is 21.0. The molecule has 1 atom stereocenters. The maximum atomic E-state index is 13.3. The molecule has 1 amide bonds. The van der Waals surface area contributed by atoms with E-state index < -0.39 is 23.5 Å². The van der Waals surface area contributed by atoms with Gasteiger partial charge in [0.2, 0.25) is 5.78 Å². The van der Waals surface area contributed by atoms with Crippen molar-refractivity contribution in [2.75, 3.05) is 11.5 Å². The number of Topliss-reactive ketones (excluding diaryl/α,β-unsaturated/α-hetero) is 1.